The van der Waals surface area contributed by atoms with Crippen molar-refractivity contribution in [3.05, 3.63) is 56.8 Å². The molecule has 5 heteroatoms. The minimum absolute atomic E-state index is 0.134. The molecular formula is C16H21N3OS. The molecule has 21 heavy (non-hydrogen) atoms. The minimum Gasteiger partial charge on any atom is -0.409 e. The van der Waals surface area contributed by atoms with E-state index >= 15 is 0 Å². The molecule has 112 valence electrons. The highest BCUT2D eigenvalue weighted by molar-refractivity contribution is 7.12. The number of amidine groups is 1. The van der Waals surface area contributed by atoms with Gasteiger partial charge in [-0.15, -0.1) is 11.3 Å². The molecule has 4 N–H and O–H groups in total. The van der Waals surface area contributed by atoms with Gasteiger partial charge in [-0.3, -0.25) is 0 Å². The second-order valence-corrected chi connectivity index (χ2v) is 6.62. The van der Waals surface area contributed by atoms with E-state index in [1.807, 2.05) is 35.6 Å². The molecule has 1 heterocycles. The average Bonchev–Trinajstić information content (AvgIpc) is 2.83. The predicted octanol–water partition coefficient (Wildman–Crippen LogP) is 3.31. The number of nitrogens with two attached hydrogens (primary N) is 1. The summed E-state index contributed by atoms with van der Waals surface area (Å²) in [7, 11) is 0. The highest BCUT2D eigenvalue weighted by Gasteiger charge is 2.11. The molecule has 1 unspecified atom stereocenters. The van der Waals surface area contributed by atoms with Crippen molar-refractivity contribution in [1.82, 2.24) is 5.32 Å². The highest BCUT2D eigenvalue weighted by Crippen LogP contribution is 2.26. The van der Waals surface area contributed by atoms with Gasteiger partial charge in [0.05, 0.1) is 0 Å². The van der Waals surface area contributed by atoms with Crippen LogP contribution in [0.5, 0.6) is 0 Å². The number of thiophene rings is 1. The van der Waals surface area contributed by atoms with E-state index in [1.165, 1.54) is 15.3 Å². The van der Waals surface area contributed by atoms with Gasteiger partial charge < -0.3 is 16.3 Å². The van der Waals surface area contributed by atoms with Gasteiger partial charge in [-0.2, -0.15) is 0 Å². The molecule has 0 saturated heterocycles. The van der Waals surface area contributed by atoms with E-state index in [2.05, 4.69) is 37.3 Å². The summed E-state index contributed by atoms with van der Waals surface area (Å²) in [5.74, 6) is 0.134. The molecule has 2 rings (SSSR count). The van der Waals surface area contributed by atoms with E-state index < -0.39 is 0 Å². The lowest BCUT2D eigenvalue weighted by Gasteiger charge is -2.14. The largest absolute Gasteiger partial charge is 0.409 e. The summed E-state index contributed by atoms with van der Waals surface area (Å²) in [4.78, 5) is 2.70. The highest BCUT2D eigenvalue weighted by atomic mass is 32.1. The van der Waals surface area contributed by atoms with E-state index in [0.717, 1.165) is 17.7 Å². The van der Waals surface area contributed by atoms with Crippen molar-refractivity contribution < 1.29 is 5.21 Å². The third-order valence-electron chi connectivity index (χ3n) is 3.49. The smallest absolute Gasteiger partial charge is 0.170 e. The molecule has 0 saturated carbocycles. The first-order valence-electron chi connectivity index (χ1n) is 6.88. The van der Waals surface area contributed by atoms with E-state index in [4.69, 9.17) is 10.9 Å². The van der Waals surface area contributed by atoms with Gasteiger partial charge in [0.15, 0.2) is 5.84 Å². The van der Waals surface area contributed by atoms with Crippen LogP contribution in [-0.4, -0.2) is 11.0 Å². The van der Waals surface area contributed by atoms with Crippen molar-refractivity contribution in [2.24, 2.45) is 10.9 Å². The molecule has 1 aromatic heterocycles. The average molecular weight is 303 g/mol. The van der Waals surface area contributed by atoms with Crippen molar-refractivity contribution >= 4 is 17.2 Å². The Kier molecular flexibility index (Phi) is 4.98. The molecule has 0 spiro atoms. The van der Waals surface area contributed by atoms with Crippen LogP contribution in [0.3, 0.4) is 0 Å². The number of rotatable bonds is 5. The molecule has 1 atom stereocenters. The lowest BCUT2D eigenvalue weighted by atomic mass is 10.1. The maximum atomic E-state index is 8.73. The zero-order chi connectivity index (χ0) is 15.4. The molecule has 0 bridgehead atoms. The second-order valence-electron chi connectivity index (χ2n) is 5.16. The van der Waals surface area contributed by atoms with Gasteiger partial charge in [-0.1, -0.05) is 23.4 Å². The summed E-state index contributed by atoms with van der Waals surface area (Å²) >= 11 is 1.83. The lowest BCUT2D eigenvalue weighted by Crippen LogP contribution is -2.19. The molecule has 1 aromatic carbocycles. The summed E-state index contributed by atoms with van der Waals surface area (Å²) in [5, 5.41) is 15.3. The summed E-state index contributed by atoms with van der Waals surface area (Å²) in [6, 6.07) is 10.2. The Hall–Kier alpha value is -1.85. The van der Waals surface area contributed by atoms with E-state index in [0.29, 0.717) is 6.04 Å². The van der Waals surface area contributed by atoms with Gasteiger partial charge in [-0.05, 0) is 44.0 Å². The van der Waals surface area contributed by atoms with Gasteiger partial charge >= 0.3 is 0 Å². The Labute approximate surface area is 129 Å². The zero-order valence-corrected chi connectivity index (χ0v) is 13.4. The monoisotopic (exact) mass is 303 g/mol. The number of hydrogen-bond acceptors (Lipinski definition) is 4. The van der Waals surface area contributed by atoms with Gasteiger partial charge in [0.1, 0.15) is 0 Å². The van der Waals surface area contributed by atoms with Crippen LogP contribution in [0.15, 0.2) is 35.5 Å². The maximum Gasteiger partial charge on any atom is 0.170 e. The number of hydrogen-bond donors (Lipinski definition) is 3. The molecule has 0 fully saturated rings. The molecule has 0 aliphatic heterocycles. The summed E-state index contributed by atoms with van der Waals surface area (Å²) in [6.07, 6.45) is 0. The van der Waals surface area contributed by atoms with Gasteiger partial charge in [-0.25, -0.2) is 0 Å². The predicted molar refractivity (Wildman–Crippen MR) is 88.0 cm³/mol. The minimum atomic E-state index is 0.134. The van der Waals surface area contributed by atoms with Crippen molar-refractivity contribution in [2.75, 3.05) is 0 Å². The summed E-state index contributed by atoms with van der Waals surface area (Å²) in [5.41, 5.74) is 8.80. The van der Waals surface area contributed by atoms with Crippen LogP contribution in [-0.2, 0) is 6.54 Å². The fourth-order valence-corrected chi connectivity index (χ4v) is 3.38. The first kappa shape index (κ1) is 15.5. The number of nitrogens with one attached hydrogen (secondary N) is 1. The van der Waals surface area contributed by atoms with Crippen LogP contribution in [0.2, 0.25) is 0 Å². The van der Waals surface area contributed by atoms with E-state index in [1.54, 1.807) is 0 Å². The maximum absolute atomic E-state index is 8.73. The lowest BCUT2D eigenvalue weighted by molar-refractivity contribution is 0.318. The van der Waals surface area contributed by atoms with Crippen molar-refractivity contribution in [3.8, 4) is 0 Å². The van der Waals surface area contributed by atoms with Crippen molar-refractivity contribution in [2.45, 2.75) is 33.4 Å². The molecule has 0 amide bonds. The fraction of sp³-hybridized carbons (Fsp3) is 0.312. The third kappa shape index (κ3) is 3.83. The molecular weight excluding hydrogens is 282 g/mol. The Morgan fingerprint density at radius 1 is 1.38 bits per heavy atom. The second kappa shape index (κ2) is 6.74. The molecule has 4 nitrogen and oxygen atoms in total. The first-order valence-corrected chi connectivity index (χ1v) is 7.70. The van der Waals surface area contributed by atoms with Gasteiger partial charge in [0, 0.05) is 27.9 Å². The van der Waals surface area contributed by atoms with Gasteiger partial charge in [0.2, 0.25) is 0 Å². The molecule has 0 aliphatic carbocycles. The SMILES string of the molecule is Cc1cc(C(C)NCc2cccc(C(N)=NO)c2)c(C)s1. The van der Waals surface area contributed by atoms with Crippen LogP contribution in [0, 0.1) is 13.8 Å². The van der Waals surface area contributed by atoms with Crippen LogP contribution < -0.4 is 11.1 Å². The summed E-state index contributed by atoms with van der Waals surface area (Å²) < 4.78 is 0. The molecule has 0 radical (unpaired) electrons. The summed E-state index contributed by atoms with van der Waals surface area (Å²) in [6.45, 7) is 7.20. The topological polar surface area (TPSA) is 70.6 Å². The Morgan fingerprint density at radius 2 is 2.14 bits per heavy atom. The van der Waals surface area contributed by atoms with Crippen molar-refractivity contribution in [1.29, 1.82) is 0 Å². The first-order chi connectivity index (χ1) is 10.0. The Balaban J connectivity index is 2.04. The zero-order valence-electron chi connectivity index (χ0n) is 12.6. The Morgan fingerprint density at radius 3 is 2.76 bits per heavy atom. The van der Waals surface area contributed by atoms with Crippen LogP contribution >= 0.6 is 11.3 Å². The standard InChI is InChI=1S/C16H21N3OS/c1-10-7-15(12(3)21-10)11(2)18-9-13-5-4-6-14(8-13)16(17)19-20/h4-8,11,18,20H,9H2,1-3H3,(H2,17,19). The van der Waals surface area contributed by atoms with Crippen LogP contribution in [0.4, 0.5) is 0 Å². The van der Waals surface area contributed by atoms with Crippen molar-refractivity contribution in [3.63, 3.8) is 0 Å². The number of aryl methyl sites for hydroxylation is 2. The third-order valence-corrected chi connectivity index (χ3v) is 4.47. The van der Waals surface area contributed by atoms with E-state index in [9.17, 15) is 0 Å². The number of benzene rings is 1. The fourth-order valence-electron chi connectivity index (χ4n) is 2.36. The number of oxime groups is 1. The quantitative estimate of drug-likeness (QED) is 0.343. The Bertz CT molecular complexity index is 649. The molecule has 0 aliphatic rings. The number of nitrogens with zero attached hydrogens (tertiary/aromatic N) is 1. The van der Waals surface area contributed by atoms with E-state index in [-0.39, 0.29) is 5.84 Å². The normalized spacial score (nSPS) is 13.4. The van der Waals surface area contributed by atoms with Crippen LogP contribution in [0.25, 0.3) is 0 Å². The van der Waals surface area contributed by atoms with Gasteiger partial charge in [0.25, 0.3) is 0 Å². The molecule has 2 aromatic rings. The van der Waals surface area contributed by atoms with Crippen LogP contribution in [0.1, 0.15) is 39.4 Å².